The van der Waals surface area contributed by atoms with Crippen LogP contribution in [0.25, 0.3) is 0 Å². The molecule has 0 spiro atoms. The minimum Gasteiger partial charge on any atom is -0.350 e. The molecule has 3 rings (SSSR count). The predicted molar refractivity (Wildman–Crippen MR) is 102 cm³/mol. The number of nitrogens with zero attached hydrogens (tertiary/aromatic N) is 3. The maximum atomic E-state index is 12.1. The SMILES string of the molecule is CC(=O)N[C@@H](c1ccccn1)C1CCC(CNC(=O)c2cn(C)cn2)CC1. The van der Waals surface area contributed by atoms with Crippen LogP contribution in [-0.4, -0.2) is 32.9 Å². The van der Waals surface area contributed by atoms with Gasteiger partial charge < -0.3 is 15.2 Å². The number of hydrogen-bond acceptors (Lipinski definition) is 4. The lowest BCUT2D eigenvalue weighted by atomic mass is 9.77. The molecule has 7 heteroatoms. The van der Waals surface area contributed by atoms with Crippen molar-refractivity contribution in [2.75, 3.05) is 6.54 Å². The van der Waals surface area contributed by atoms with Crippen LogP contribution in [0.3, 0.4) is 0 Å². The number of carbonyl (C=O) groups is 2. The molecule has 0 saturated heterocycles. The molecular formula is C20H27N5O2. The Morgan fingerprint density at radius 3 is 2.59 bits per heavy atom. The lowest BCUT2D eigenvalue weighted by Gasteiger charge is -2.34. The standard InChI is InChI=1S/C20H27N5O2/c1-14(26)24-19(17-5-3-4-10-21-17)16-8-6-15(7-9-16)11-22-20(27)18-12-25(2)13-23-18/h3-5,10,12-13,15-16,19H,6-9,11H2,1-2H3,(H,22,27)(H,24,26)/t15?,16?,19-/m1/s1. The normalized spacial score (nSPS) is 20.7. The largest absolute Gasteiger partial charge is 0.350 e. The molecule has 2 heterocycles. The van der Waals surface area contributed by atoms with E-state index in [1.165, 1.54) is 0 Å². The summed E-state index contributed by atoms with van der Waals surface area (Å²) in [6.07, 6.45) is 9.17. The molecule has 7 nitrogen and oxygen atoms in total. The van der Waals surface area contributed by atoms with Gasteiger partial charge in [-0.3, -0.25) is 14.6 Å². The van der Waals surface area contributed by atoms with Crippen LogP contribution in [0.15, 0.2) is 36.9 Å². The number of nitrogens with one attached hydrogen (secondary N) is 2. The van der Waals surface area contributed by atoms with Gasteiger partial charge in [-0.05, 0) is 49.7 Å². The number of hydrogen-bond donors (Lipinski definition) is 2. The van der Waals surface area contributed by atoms with Gasteiger partial charge in [0.1, 0.15) is 5.69 Å². The molecule has 0 aliphatic heterocycles. The van der Waals surface area contributed by atoms with Crippen LogP contribution in [0.2, 0.25) is 0 Å². The lowest BCUT2D eigenvalue weighted by molar-refractivity contribution is -0.120. The van der Waals surface area contributed by atoms with Crippen molar-refractivity contribution in [1.82, 2.24) is 25.2 Å². The Morgan fingerprint density at radius 1 is 1.22 bits per heavy atom. The predicted octanol–water partition coefficient (Wildman–Crippen LogP) is 2.23. The van der Waals surface area contributed by atoms with E-state index in [-0.39, 0.29) is 17.9 Å². The van der Waals surface area contributed by atoms with E-state index in [2.05, 4.69) is 20.6 Å². The highest BCUT2D eigenvalue weighted by Gasteiger charge is 2.30. The van der Waals surface area contributed by atoms with Gasteiger partial charge in [0.05, 0.1) is 18.1 Å². The van der Waals surface area contributed by atoms with Crippen molar-refractivity contribution in [2.45, 2.75) is 38.6 Å². The maximum Gasteiger partial charge on any atom is 0.271 e. The Morgan fingerprint density at radius 2 is 2.00 bits per heavy atom. The molecule has 1 fully saturated rings. The number of aryl methyl sites for hydroxylation is 1. The Balaban J connectivity index is 1.52. The van der Waals surface area contributed by atoms with Crippen molar-refractivity contribution >= 4 is 11.8 Å². The van der Waals surface area contributed by atoms with Crippen LogP contribution in [0.1, 0.15) is 54.8 Å². The Bertz CT molecular complexity index is 766. The minimum atomic E-state index is -0.123. The molecule has 1 atom stereocenters. The summed E-state index contributed by atoms with van der Waals surface area (Å²) >= 11 is 0. The van der Waals surface area contributed by atoms with E-state index in [4.69, 9.17) is 0 Å². The number of amides is 2. The van der Waals surface area contributed by atoms with Crippen LogP contribution in [0.4, 0.5) is 0 Å². The number of carbonyl (C=O) groups excluding carboxylic acids is 2. The lowest BCUT2D eigenvalue weighted by Crippen LogP contribution is -2.36. The number of pyridine rings is 1. The first kappa shape index (κ1) is 19.1. The average Bonchev–Trinajstić information content (AvgIpc) is 3.12. The van der Waals surface area contributed by atoms with E-state index in [9.17, 15) is 9.59 Å². The highest BCUT2D eigenvalue weighted by molar-refractivity contribution is 5.91. The summed E-state index contributed by atoms with van der Waals surface area (Å²) in [6, 6.07) is 5.76. The third-order valence-electron chi connectivity index (χ3n) is 5.22. The van der Waals surface area contributed by atoms with Crippen molar-refractivity contribution in [3.8, 4) is 0 Å². The summed E-state index contributed by atoms with van der Waals surface area (Å²) in [5, 5.41) is 6.07. The molecule has 1 aliphatic carbocycles. The first-order valence-corrected chi connectivity index (χ1v) is 9.47. The zero-order valence-corrected chi connectivity index (χ0v) is 15.9. The quantitative estimate of drug-likeness (QED) is 0.817. The van der Waals surface area contributed by atoms with Crippen molar-refractivity contribution < 1.29 is 9.59 Å². The Hall–Kier alpha value is -2.70. The molecule has 1 aliphatic rings. The van der Waals surface area contributed by atoms with E-state index in [1.54, 1.807) is 30.2 Å². The van der Waals surface area contributed by atoms with Gasteiger partial charge in [0.25, 0.3) is 5.91 Å². The highest BCUT2D eigenvalue weighted by atomic mass is 16.2. The van der Waals surface area contributed by atoms with Gasteiger partial charge in [-0.2, -0.15) is 0 Å². The summed E-state index contributed by atoms with van der Waals surface area (Å²) in [4.78, 5) is 32.3. The summed E-state index contributed by atoms with van der Waals surface area (Å²) in [7, 11) is 1.85. The molecule has 2 amide bonds. The van der Waals surface area contributed by atoms with E-state index < -0.39 is 0 Å². The van der Waals surface area contributed by atoms with Gasteiger partial charge in [-0.25, -0.2) is 4.98 Å². The molecule has 144 valence electrons. The van der Waals surface area contributed by atoms with Gasteiger partial charge in [-0.15, -0.1) is 0 Å². The fourth-order valence-electron chi connectivity index (χ4n) is 3.80. The minimum absolute atomic E-state index is 0.0320. The van der Waals surface area contributed by atoms with Crippen molar-refractivity contribution in [1.29, 1.82) is 0 Å². The summed E-state index contributed by atoms with van der Waals surface area (Å²) in [5.41, 5.74) is 1.37. The second-order valence-electron chi connectivity index (χ2n) is 7.35. The average molecular weight is 369 g/mol. The Kier molecular flexibility index (Phi) is 6.21. The zero-order valence-electron chi connectivity index (χ0n) is 15.9. The van der Waals surface area contributed by atoms with Gasteiger partial charge in [0.2, 0.25) is 5.91 Å². The van der Waals surface area contributed by atoms with Crippen molar-refractivity contribution in [2.24, 2.45) is 18.9 Å². The molecule has 0 unspecified atom stereocenters. The molecule has 0 aromatic carbocycles. The maximum absolute atomic E-state index is 12.1. The fourth-order valence-corrected chi connectivity index (χ4v) is 3.80. The van der Waals surface area contributed by atoms with E-state index in [0.717, 1.165) is 31.4 Å². The van der Waals surface area contributed by atoms with E-state index in [0.29, 0.717) is 24.1 Å². The van der Waals surface area contributed by atoms with Gasteiger partial charge in [-0.1, -0.05) is 6.07 Å². The zero-order chi connectivity index (χ0) is 19.2. The fraction of sp³-hybridized carbons (Fsp3) is 0.500. The smallest absolute Gasteiger partial charge is 0.271 e. The number of aromatic nitrogens is 3. The third kappa shape index (κ3) is 5.15. The molecule has 27 heavy (non-hydrogen) atoms. The van der Waals surface area contributed by atoms with E-state index in [1.807, 2.05) is 25.2 Å². The summed E-state index contributed by atoms with van der Waals surface area (Å²) in [5.74, 6) is 0.667. The topological polar surface area (TPSA) is 88.9 Å². The van der Waals surface area contributed by atoms with Gasteiger partial charge in [0, 0.05) is 32.9 Å². The molecule has 0 bridgehead atoms. The second kappa shape index (κ2) is 8.79. The number of rotatable bonds is 6. The summed E-state index contributed by atoms with van der Waals surface area (Å²) < 4.78 is 1.76. The van der Waals surface area contributed by atoms with Crippen LogP contribution < -0.4 is 10.6 Å². The molecule has 2 N–H and O–H groups in total. The van der Waals surface area contributed by atoms with Crippen LogP contribution in [0.5, 0.6) is 0 Å². The van der Waals surface area contributed by atoms with Crippen molar-refractivity contribution in [3.05, 3.63) is 48.3 Å². The monoisotopic (exact) mass is 369 g/mol. The van der Waals surface area contributed by atoms with Crippen LogP contribution in [-0.2, 0) is 11.8 Å². The first-order valence-electron chi connectivity index (χ1n) is 9.47. The van der Waals surface area contributed by atoms with Gasteiger partial charge in [0.15, 0.2) is 0 Å². The molecule has 2 aromatic rings. The highest BCUT2D eigenvalue weighted by Crippen LogP contribution is 2.36. The van der Waals surface area contributed by atoms with Crippen molar-refractivity contribution in [3.63, 3.8) is 0 Å². The molecular weight excluding hydrogens is 342 g/mol. The molecule has 1 saturated carbocycles. The Labute approximate surface area is 159 Å². The van der Waals surface area contributed by atoms with Crippen LogP contribution in [0, 0.1) is 11.8 Å². The van der Waals surface area contributed by atoms with Gasteiger partial charge >= 0.3 is 0 Å². The second-order valence-corrected chi connectivity index (χ2v) is 7.35. The van der Waals surface area contributed by atoms with E-state index >= 15 is 0 Å². The molecule has 0 radical (unpaired) electrons. The van der Waals surface area contributed by atoms with Crippen LogP contribution >= 0.6 is 0 Å². The third-order valence-corrected chi connectivity index (χ3v) is 5.22. The first-order chi connectivity index (χ1) is 13.0. The molecule has 2 aromatic heterocycles. The number of imidazole rings is 1. The summed E-state index contributed by atoms with van der Waals surface area (Å²) in [6.45, 7) is 2.21.